The summed E-state index contributed by atoms with van der Waals surface area (Å²) in [4.78, 5) is 13.9. The van der Waals surface area contributed by atoms with Gasteiger partial charge in [0.2, 0.25) is 5.91 Å². The summed E-state index contributed by atoms with van der Waals surface area (Å²) >= 11 is 2.40. The van der Waals surface area contributed by atoms with Gasteiger partial charge in [0.15, 0.2) is 0 Å². The first kappa shape index (κ1) is 21.4. The summed E-state index contributed by atoms with van der Waals surface area (Å²) in [5.74, 6) is 2.37. The lowest BCUT2D eigenvalue weighted by atomic mass is 9.90. The fraction of sp³-hybridized carbons (Fsp3) is 0.591. The molecule has 0 aromatic heterocycles. The number of ether oxygens (including phenoxy) is 2. The molecule has 5 nitrogen and oxygen atoms in total. The van der Waals surface area contributed by atoms with E-state index in [0.717, 1.165) is 29.2 Å². The van der Waals surface area contributed by atoms with Crippen LogP contribution in [0.1, 0.15) is 54.9 Å². The summed E-state index contributed by atoms with van der Waals surface area (Å²) in [5, 5.41) is 9.31. The molecule has 1 aliphatic carbocycles. The van der Waals surface area contributed by atoms with Gasteiger partial charge in [0.1, 0.15) is 11.5 Å². The smallest absolute Gasteiger partial charge is 0.222 e. The maximum Gasteiger partial charge on any atom is 0.222 e. The quantitative estimate of drug-likeness (QED) is 0.419. The van der Waals surface area contributed by atoms with Crippen LogP contribution < -0.4 is 9.47 Å². The number of halogens is 1. The Morgan fingerprint density at radius 2 is 2.11 bits per heavy atom. The largest absolute Gasteiger partial charge is 0.493 e. The number of benzene rings is 1. The molecule has 1 N–H and O–H groups in total. The number of alkyl halides is 1. The van der Waals surface area contributed by atoms with Crippen LogP contribution in [0.4, 0.5) is 0 Å². The van der Waals surface area contributed by atoms with Crippen molar-refractivity contribution in [2.75, 3.05) is 26.3 Å². The zero-order valence-electron chi connectivity index (χ0n) is 16.5. The summed E-state index contributed by atoms with van der Waals surface area (Å²) in [6.45, 7) is 3.34. The lowest BCUT2D eigenvalue weighted by molar-refractivity contribution is -0.130. The van der Waals surface area contributed by atoms with Gasteiger partial charge in [-0.1, -0.05) is 54.8 Å². The van der Waals surface area contributed by atoms with E-state index in [2.05, 4.69) is 22.6 Å². The van der Waals surface area contributed by atoms with Gasteiger partial charge in [0.25, 0.3) is 0 Å². The summed E-state index contributed by atoms with van der Waals surface area (Å²) in [6, 6.07) is 5.95. The van der Waals surface area contributed by atoms with E-state index in [9.17, 15) is 9.90 Å². The summed E-state index contributed by atoms with van der Waals surface area (Å²) in [5.41, 5.74) is 2.06. The Morgan fingerprint density at radius 3 is 2.82 bits per heavy atom. The van der Waals surface area contributed by atoms with Gasteiger partial charge in [-0.05, 0) is 30.9 Å². The fourth-order valence-corrected chi connectivity index (χ4v) is 4.88. The first-order valence-corrected chi connectivity index (χ1v) is 11.5. The van der Waals surface area contributed by atoms with E-state index in [0.29, 0.717) is 25.4 Å². The minimum Gasteiger partial charge on any atom is -0.493 e. The third kappa shape index (κ3) is 5.20. The zero-order valence-corrected chi connectivity index (χ0v) is 18.7. The van der Waals surface area contributed by atoms with Crippen molar-refractivity contribution in [2.45, 2.75) is 49.4 Å². The van der Waals surface area contributed by atoms with Gasteiger partial charge in [0.05, 0.1) is 29.0 Å². The van der Waals surface area contributed by atoms with Crippen LogP contribution in [-0.4, -0.2) is 42.2 Å². The number of amides is 1. The molecule has 1 unspecified atom stereocenters. The van der Waals surface area contributed by atoms with Crippen molar-refractivity contribution in [2.24, 2.45) is 5.92 Å². The molecule has 1 aromatic rings. The second-order valence-electron chi connectivity index (χ2n) is 7.55. The van der Waals surface area contributed by atoms with Gasteiger partial charge in [-0.25, -0.2) is 0 Å². The van der Waals surface area contributed by atoms with E-state index in [1.807, 2.05) is 25.1 Å². The van der Waals surface area contributed by atoms with E-state index in [4.69, 9.17) is 9.47 Å². The molecule has 0 saturated heterocycles. The molecule has 1 heterocycles. The topological polar surface area (TPSA) is 59.0 Å². The number of nitrogens with zero attached hydrogens (tertiary/aromatic N) is 1. The Kier molecular flexibility index (Phi) is 8.02. The Labute approximate surface area is 181 Å². The minimum absolute atomic E-state index is 0.0335. The highest BCUT2D eigenvalue weighted by Gasteiger charge is 2.28. The summed E-state index contributed by atoms with van der Waals surface area (Å²) in [6.07, 6.45) is 8.62. The van der Waals surface area contributed by atoms with E-state index in [-0.39, 0.29) is 16.4 Å². The van der Waals surface area contributed by atoms with Crippen LogP contribution in [0.15, 0.2) is 30.0 Å². The van der Waals surface area contributed by atoms with E-state index < -0.39 is 0 Å². The lowest BCUT2D eigenvalue weighted by Crippen LogP contribution is -2.35. The molecule has 28 heavy (non-hydrogen) atoms. The molecule has 1 saturated carbocycles. The average molecular weight is 499 g/mol. The van der Waals surface area contributed by atoms with Crippen LogP contribution in [0.5, 0.6) is 11.5 Å². The molecule has 3 rings (SSSR count). The SMILES string of the molecule is CCC(=O)N(CCO)CC1=COc2cccc(OCC3CCCCC3)c2C1I. The standard InChI is InChI=1S/C22H30INO4/c1-2-20(26)24(11-12-25)13-17-15-28-19-10-6-9-18(21(19)22(17)23)27-14-16-7-4-3-5-8-16/h6,9-10,15-16,22,25H,2-5,7-8,11-14H2,1H3. The second-order valence-corrected chi connectivity index (χ2v) is 8.79. The van der Waals surface area contributed by atoms with Gasteiger partial charge in [-0.2, -0.15) is 0 Å². The average Bonchev–Trinajstić information content (AvgIpc) is 2.73. The number of hydrogen-bond acceptors (Lipinski definition) is 4. The number of hydrogen-bond donors (Lipinski definition) is 1. The van der Waals surface area contributed by atoms with Gasteiger partial charge >= 0.3 is 0 Å². The second kappa shape index (κ2) is 10.5. The molecule has 0 bridgehead atoms. The molecule has 154 valence electrons. The van der Waals surface area contributed by atoms with Crippen LogP contribution in [0.25, 0.3) is 0 Å². The first-order valence-electron chi connectivity index (χ1n) is 10.3. The van der Waals surface area contributed by atoms with E-state index in [1.54, 1.807) is 11.2 Å². The number of rotatable bonds is 8. The van der Waals surface area contributed by atoms with Crippen LogP contribution in [0.3, 0.4) is 0 Å². The van der Waals surface area contributed by atoms with Crippen molar-refractivity contribution >= 4 is 28.5 Å². The third-order valence-corrected chi connectivity index (χ3v) is 6.96. The molecular weight excluding hydrogens is 469 g/mol. The lowest BCUT2D eigenvalue weighted by Gasteiger charge is -2.30. The Balaban J connectivity index is 1.72. The zero-order chi connectivity index (χ0) is 19.9. The molecule has 1 fully saturated rings. The van der Waals surface area contributed by atoms with Gasteiger partial charge in [0, 0.05) is 25.1 Å². The highest BCUT2D eigenvalue weighted by atomic mass is 127. The van der Waals surface area contributed by atoms with Crippen molar-refractivity contribution in [1.82, 2.24) is 4.90 Å². The normalized spacial score (nSPS) is 19.4. The van der Waals surface area contributed by atoms with Crippen LogP contribution in [0, 0.1) is 5.92 Å². The fourth-order valence-electron chi connectivity index (χ4n) is 3.92. The molecule has 2 aliphatic rings. The molecular formula is C22H30INO4. The van der Waals surface area contributed by atoms with Gasteiger partial charge in [-0.15, -0.1) is 0 Å². The summed E-state index contributed by atoms with van der Waals surface area (Å²) < 4.78 is 12.2. The molecule has 1 amide bonds. The van der Waals surface area contributed by atoms with Crippen LogP contribution >= 0.6 is 22.6 Å². The van der Waals surface area contributed by atoms with Crippen molar-refractivity contribution in [3.8, 4) is 11.5 Å². The highest BCUT2D eigenvalue weighted by Crippen LogP contribution is 2.46. The van der Waals surface area contributed by atoms with Crippen molar-refractivity contribution in [3.05, 3.63) is 35.6 Å². The maximum absolute atomic E-state index is 12.2. The molecule has 1 aromatic carbocycles. The predicted molar refractivity (Wildman–Crippen MR) is 118 cm³/mol. The monoisotopic (exact) mass is 499 g/mol. The Bertz CT molecular complexity index is 700. The van der Waals surface area contributed by atoms with Crippen LogP contribution in [0.2, 0.25) is 0 Å². The van der Waals surface area contributed by atoms with E-state index >= 15 is 0 Å². The third-order valence-electron chi connectivity index (χ3n) is 5.54. The number of carbonyl (C=O) groups excluding carboxylic acids is 1. The van der Waals surface area contributed by atoms with Crippen molar-refractivity contribution in [1.29, 1.82) is 0 Å². The maximum atomic E-state index is 12.2. The van der Waals surface area contributed by atoms with E-state index in [1.165, 1.54) is 32.1 Å². The molecule has 0 spiro atoms. The van der Waals surface area contributed by atoms with Gasteiger partial charge < -0.3 is 19.5 Å². The molecule has 1 atom stereocenters. The summed E-state index contributed by atoms with van der Waals surface area (Å²) in [7, 11) is 0. The number of fused-ring (bicyclic) bond motifs is 1. The number of aliphatic hydroxyl groups excluding tert-OH is 1. The minimum atomic E-state index is -0.0435. The van der Waals surface area contributed by atoms with Crippen molar-refractivity contribution < 1.29 is 19.4 Å². The van der Waals surface area contributed by atoms with Crippen LogP contribution in [-0.2, 0) is 4.79 Å². The predicted octanol–water partition coefficient (Wildman–Crippen LogP) is 4.63. The number of aliphatic hydroxyl groups is 1. The Hall–Kier alpha value is -1.28. The molecule has 0 radical (unpaired) electrons. The van der Waals surface area contributed by atoms with Crippen molar-refractivity contribution in [3.63, 3.8) is 0 Å². The molecule has 6 heteroatoms. The molecule has 1 aliphatic heterocycles. The Morgan fingerprint density at radius 1 is 1.32 bits per heavy atom. The van der Waals surface area contributed by atoms with Gasteiger partial charge in [-0.3, -0.25) is 4.79 Å². The highest BCUT2D eigenvalue weighted by molar-refractivity contribution is 14.1. The first-order chi connectivity index (χ1) is 13.6. The number of carbonyl (C=O) groups is 1.